The van der Waals surface area contributed by atoms with Crippen molar-refractivity contribution in [2.75, 3.05) is 13.7 Å². The molecule has 0 N–H and O–H groups in total. The molecule has 94 valence electrons. The molecule has 0 radical (unpaired) electrons. The van der Waals surface area contributed by atoms with Gasteiger partial charge in [0.2, 0.25) is 0 Å². The second-order valence-corrected chi connectivity index (χ2v) is 3.24. The van der Waals surface area contributed by atoms with E-state index in [4.69, 9.17) is 9.47 Å². The van der Waals surface area contributed by atoms with Gasteiger partial charge in [-0.2, -0.15) is 0 Å². The summed E-state index contributed by atoms with van der Waals surface area (Å²) in [6.07, 6.45) is -1.67. The number of pyridine rings is 1. The van der Waals surface area contributed by atoms with Crippen LogP contribution < -0.4 is 4.74 Å². The van der Waals surface area contributed by atoms with Crippen LogP contribution in [-0.2, 0) is 4.74 Å². The highest BCUT2D eigenvalue weighted by Gasteiger charge is 2.22. The van der Waals surface area contributed by atoms with Gasteiger partial charge in [-0.15, -0.1) is 0 Å². The predicted molar refractivity (Wildman–Crippen MR) is 56.4 cm³/mol. The minimum Gasteiger partial charge on any atom is -0.494 e. The zero-order valence-electron chi connectivity index (χ0n) is 9.79. The van der Waals surface area contributed by atoms with Gasteiger partial charge in [-0.05, 0) is 13.8 Å². The lowest BCUT2D eigenvalue weighted by Gasteiger charge is -2.12. The lowest BCUT2D eigenvalue weighted by Crippen LogP contribution is -2.10. The van der Waals surface area contributed by atoms with Crippen LogP contribution in [0.4, 0.5) is 8.78 Å². The van der Waals surface area contributed by atoms with Crippen molar-refractivity contribution in [2.45, 2.75) is 20.3 Å². The van der Waals surface area contributed by atoms with E-state index >= 15 is 0 Å². The molecule has 0 saturated carbocycles. The molecule has 0 aliphatic rings. The van der Waals surface area contributed by atoms with Crippen LogP contribution in [0.1, 0.15) is 35.0 Å². The molecule has 0 fully saturated rings. The van der Waals surface area contributed by atoms with Gasteiger partial charge in [-0.3, -0.25) is 4.98 Å². The molecule has 4 nitrogen and oxygen atoms in total. The minimum absolute atomic E-state index is 0.0782. The van der Waals surface area contributed by atoms with Gasteiger partial charge < -0.3 is 9.47 Å². The molecule has 1 rings (SSSR count). The van der Waals surface area contributed by atoms with E-state index in [1.807, 2.05) is 0 Å². The van der Waals surface area contributed by atoms with Crippen molar-refractivity contribution >= 4 is 5.97 Å². The number of alkyl halides is 2. The van der Waals surface area contributed by atoms with E-state index in [9.17, 15) is 13.6 Å². The van der Waals surface area contributed by atoms with Crippen molar-refractivity contribution < 1.29 is 23.0 Å². The standard InChI is InChI=1S/C11H13F2NO3/c1-4-17-11(15)7-5-14-8(10(12)13)9(16-3)6(7)2/h5,10H,4H2,1-3H3. The maximum absolute atomic E-state index is 12.6. The molecule has 1 aromatic heterocycles. The molecule has 0 saturated heterocycles. The Morgan fingerprint density at radius 1 is 1.53 bits per heavy atom. The summed E-state index contributed by atoms with van der Waals surface area (Å²) >= 11 is 0. The Bertz CT molecular complexity index is 421. The molecule has 0 spiro atoms. The van der Waals surface area contributed by atoms with Gasteiger partial charge in [0.05, 0.1) is 19.3 Å². The smallest absolute Gasteiger partial charge is 0.340 e. The van der Waals surface area contributed by atoms with Crippen LogP contribution in [0.15, 0.2) is 6.20 Å². The lowest BCUT2D eigenvalue weighted by atomic mass is 10.1. The summed E-state index contributed by atoms with van der Waals surface area (Å²) in [6, 6.07) is 0. The fourth-order valence-electron chi connectivity index (χ4n) is 1.43. The maximum Gasteiger partial charge on any atom is 0.340 e. The van der Waals surface area contributed by atoms with Crippen molar-refractivity contribution in [2.24, 2.45) is 0 Å². The Morgan fingerprint density at radius 2 is 2.18 bits per heavy atom. The van der Waals surface area contributed by atoms with Gasteiger partial charge >= 0.3 is 5.97 Å². The van der Waals surface area contributed by atoms with Crippen LogP contribution in [0.25, 0.3) is 0 Å². The summed E-state index contributed by atoms with van der Waals surface area (Å²) in [5.41, 5.74) is -0.0394. The molecule has 1 heterocycles. The van der Waals surface area contributed by atoms with Gasteiger partial charge in [0, 0.05) is 11.8 Å². The van der Waals surface area contributed by atoms with E-state index < -0.39 is 18.1 Å². The predicted octanol–water partition coefficient (Wildman–Crippen LogP) is 2.51. The van der Waals surface area contributed by atoms with Crippen molar-refractivity contribution in [1.82, 2.24) is 4.98 Å². The number of hydrogen-bond acceptors (Lipinski definition) is 4. The Labute approximate surface area is 97.6 Å². The summed E-state index contributed by atoms with van der Waals surface area (Å²) < 4.78 is 34.9. The molecule has 0 unspecified atom stereocenters. The van der Waals surface area contributed by atoms with E-state index in [2.05, 4.69) is 4.98 Å². The summed E-state index contributed by atoms with van der Waals surface area (Å²) in [4.78, 5) is 15.0. The topological polar surface area (TPSA) is 48.4 Å². The first-order valence-corrected chi connectivity index (χ1v) is 5.01. The first-order valence-electron chi connectivity index (χ1n) is 5.01. The largest absolute Gasteiger partial charge is 0.494 e. The maximum atomic E-state index is 12.6. The number of nitrogens with zero attached hydrogens (tertiary/aromatic N) is 1. The monoisotopic (exact) mass is 245 g/mol. The third kappa shape index (κ3) is 2.69. The van der Waals surface area contributed by atoms with E-state index in [0.717, 1.165) is 6.20 Å². The quantitative estimate of drug-likeness (QED) is 0.765. The van der Waals surface area contributed by atoms with Crippen molar-refractivity contribution in [3.05, 3.63) is 23.0 Å². The normalized spacial score (nSPS) is 10.5. The highest BCUT2D eigenvalue weighted by atomic mass is 19.3. The fraction of sp³-hybridized carbons (Fsp3) is 0.455. The van der Waals surface area contributed by atoms with Gasteiger partial charge in [-0.25, -0.2) is 13.6 Å². The van der Waals surface area contributed by atoms with Crippen LogP contribution >= 0.6 is 0 Å². The zero-order chi connectivity index (χ0) is 13.0. The van der Waals surface area contributed by atoms with Crippen LogP contribution in [0, 0.1) is 6.92 Å². The first kappa shape index (κ1) is 13.3. The molecule has 0 amide bonds. The highest BCUT2D eigenvalue weighted by molar-refractivity contribution is 5.91. The van der Waals surface area contributed by atoms with Crippen LogP contribution in [0.5, 0.6) is 5.75 Å². The molecule has 0 bridgehead atoms. The third-order valence-electron chi connectivity index (χ3n) is 2.22. The molecule has 0 aromatic carbocycles. The number of halogens is 2. The molecular formula is C11H13F2NO3. The second kappa shape index (κ2) is 5.56. The number of carbonyl (C=O) groups is 1. The Hall–Kier alpha value is -1.72. The number of esters is 1. The van der Waals surface area contributed by atoms with E-state index in [-0.39, 0.29) is 17.9 Å². The molecule has 17 heavy (non-hydrogen) atoms. The summed E-state index contributed by atoms with van der Waals surface area (Å²) in [7, 11) is 1.25. The number of aromatic nitrogens is 1. The van der Waals surface area contributed by atoms with E-state index in [0.29, 0.717) is 5.56 Å². The van der Waals surface area contributed by atoms with Crippen molar-refractivity contribution in [3.8, 4) is 5.75 Å². The molecule has 0 aliphatic carbocycles. The molecule has 6 heteroatoms. The Kier molecular flexibility index (Phi) is 4.37. The van der Waals surface area contributed by atoms with E-state index in [1.165, 1.54) is 14.0 Å². The van der Waals surface area contributed by atoms with Gasteiger partial charge in [0.15, 0.2) is 0 Å². The van der Waals surface area contributed by atoms with Crippen molar-refractivity contribution in [1.29, 1.82) is 0 Å². The summed E-state index contributed by atoms with van der Waals surface area (Å²) in [5, 5.41) is 0. The molecule has 0 aliphatic heterocycles. The molecule has 1 aromatic rings. The Morgan fingerprint density at radius 3 is 2.65 bits per heavy atom. The minimum atomic E-state index is -2.75. The van der Waals surface area contributed by atoms with Crippen molar-refractivity contribution in [3.63, 3.8) is 0 Å². The number of ether oxygens (including phenoxy) is 2. The van der Waals surface area contributed by atoms with Gasteiger partial charge in [0.25, 0.3) is 6.43 Å². The summed E-state index contributed by atoms with van der Waals surface area (Å²) in [6.45, 7) is 3.38. The fourth-order valence-corrected chi connectivity index (χ4v) is 1.43. The number of rotatable bonds is 4. The van der Waals surface area contributed by atoms with Gasteiger partial charge in [0.1, 0.15) is 11.4 Å². The van der Waals surface area contributed by atoms with E-state index in [1.54, 1.807) is 6.92 Å². The molecular weight excluding hydrogens is 232 g/mol. The SMILES string of the molecule is CCOC(=O)c1cnc(C(F)F)c(OC)c1C. The third-order valence-corrected chi connectivity index (χ3v) is 2.22. The van der Waals surface area contributed by atoms with Gasteiger partial charge in [-0.1, -0.05) is 0 Å². The summed E-state index contributed by atoms with van der Waals surface area (Å²) in [5.74, 6) is -0.679. The van der Waals surface area contributed by atoms with Crippen LogP contribution in [0.3, 0.4) is 0 Å². The van der Waals surface area contributed by atoms with Crippen LogP contribution in [0.2, 0.25) is 0 Å². The highest BCUT2D eigenvalue weighted by Crippen LogP contribution is 2.31. The molecule has 0 atom stereocenters. The average molecular weight is 245 g/mol. The number of methoxy groups -OCH3 is 1. The number of hydrogen-bond donors (Lipinski definition) is 0. The zero-order valence-corrected chi connectivity index (χ0v) is 9.79. The lowest BCUT2D eigenvalue weighted by molar-refractivity contribution is 0.0523. The Balaban J connectivity index is 3.24. The second-order valence-electron chi connectivity index (χ2n) is 3.24. The van der Waals surface area contributed by atoms with Crippen LogP contribution in [-0.4, -0.2) is 24.7 Å². The average Bonchev–Trinajstić information content (AvgIpc) is 2.28. The first-order chi connectivity index (χ1) is 8.02. The number of carbonyl (C=O) groups excluding carboxylic acids is 1.